The van der Waals surface area contributed by atoms with Gasteiger partial charge in [-0.25, -0.2) is 8.42 Å². The normalized spacial score (nSPS) is 13.4. The highest BCUT2D eigenvalue weighted by atomic mass is 32.2. The SMILES string of the molecule is CCCCCCCCCCCCCC(=O)O[C@@H](c1ccccc1)[C@@H](NS(=O)(=O)c1ccc2c(c1)C(=O)c1ccccc1-2)C(=O)OCC. The molecule has 8 nitrogen and oxygen atoms in total. The number of ether oxygens (including phenoxy) is 2. The maximum Gasteiger partial charge on any atom is 0.328 e. The Morgan fingerprint density at radius 2 is 1.28 bits per heavy atom. The topological polar surface area (TPSA) is 116 Å². The van der Waals surface area contributed by atoms with Gasteiger partial charge < -0.3 is 9.47 Å². The van der Waals surface area contributed by atoms with Gasteiger partial charge in [-0.05, 0) is 42.2 Å². The van der Waals surface area contributed by atoms with Crippen LogP contribution in [-0.4, -0.2) is 38.8 Å². The molecule has 4 rings (SSSR count). The van der Waals surface area contributed by atoms with Gasteiger partial charge in [-0.3, -0.25) is 14.4 Å². The van der Waals surface area contributed by atoms with Gasteiger partial charge in [0.25, 0.3) is 0 Å². The maximum absolute atomic E-state index is 13.8. The minimum atomic E-state index is -4.38. The van der Waals surface area contributed by atoms with Crippen LogP contribution in [0.4, 0.5) is 0 Å². The van der Waals surface area contributed by atoms with Crippen LogP contribution < -0.4 is 4.72 Å². The van der Waals surface area contributed by atoms with E-state index in [2.05, 4.69) is 11.6 Å². The molecule has 3 aromatic rings. The second-order valence-electron chi connectivity index (χ2n) is 12.0. The van der Waals surface area contributed by atoms with Crippen molar-refractivity contribution in [3.63, 3.8) is 0 Å². The van der Waals surface area contributed by atoms with Crippen LogP contribution in [0.2, 0.25) is 0 Å². The van der Waals surface area contributed by atoms with Crippen molar-refractivity contribution in [3.8, 4) is 11.1 Å². The molecule has 47 heavy (non-hydrogen) atoms. The van der Waals surface area contributed by atoms with Gasteiger partial charge in [-0.15, -0.1) is 0 Å². The summed E-state index contributed by atoms with van der Waals surface area (Å²) in [5, 5.41) is 0. The first-order valence-electron chi connectivity index (χ1n) is 17.0. The Morgan fingerprint density at radius 3 is 1.91 bits per heavy atom. The summed E-state index contributed by atoms with van der Waals surface area (Å²) >= 11 is 0. The smallest absolute Gasteiger partial charge is 0.328 e. The van der Waals surface area contributed by atoms with Crippen LogP contribution in [0, 0.1) is 0 Å². The lowest BCUT2D eigenvalue weighted by Gasteiger charge is -2.27. The average molecular weight is 662 g/mol. The second kappa shape index (κ2) is 17.9. The van der Waals surface area contributed by atoms with Crippen LogP contribution in [-0.2, 0) is 29.1 Å². The summed E-state index contributed by atoms with van der Waals surface area (Å²) in [6.45, 7) is 3.83. The predicted octanol–water partition coefficient (Wildman–Crippen LogP) is 8.09. The van der Waals surface area contributed by atoms with Crippen molar-refractivity contribution in [1.82, 2.24) is 4.72 Å². The highest BCUT2D eigenvalue weighted by Crippen LogP contribution is 2.37. The van der Waals surface area contributed by atoms with Crippen LogP contribution in [0.3, 0.4) is 0 Å². The van der Waals surface area contributed by atoms with E-state index in [0.717, 1.165) is 24.8 Å². The minimum Gasteiger partial charge on any atom is -0.465 e. The third-order valence-corrected chi connectivity index (χ3v) is 9.94. The van der Waals surface area contributed by atoms with Gasteiger partial charge in [0.2, 0.25) is 10.0 Å². The molecule has 1 aliphatic rings. The number of hydrogen-bond acceptors (Lipinski definition) is 7. The van der Waals surface area contributed by atoms with Gasteiger partial charge in [0, 0.05) is 17.5 Å². The van der Waals surface area contributed by atoms with Gasteiger partial charge in [-0.2, -0.15) is 4.72 Å². The first kappa shape index (κ1) is 36.0. The summed E-state index contributed by atoms with van der Waals surface area (Å²) in [5.41, 5.74) is 2.59. The molecule has 0 unspecified atom stereocenters. The molecule has 0 heterocycles. The van der Waals surface area contributed by atoms with Crippen LogP contribution in [0.25, 0.3) is 11.1 Å². The minimum absolute atomic E-state index is 0.00311. The lowest BCUT2D eigenvalue weighted by molar-refractivity contribution is -0.158. The molecule has 0 amide bonds. The molecule has 1 aliphatic carbocycles. The molecule has 3 aromatic carbocycles. The summed E-state index contributed by atoms with van der Waals surface area (Å²) in [6, 6.07) is 18.4. The van der Waals surface area contributed by atoms with Gasteiger partial charge in [0.05, 0.1) is 11.5 Å². The predicted molar refractivity (Wildman–Crippen MR) is 182 cm³/mol. The van der Waals surface area contributed by atoms with E-state index in [-0.39, 0.29) is 29.3 Å². The molecule has 0 saturated carbocycles. The van der Waals surface area contributed by atoms with E-state index in [1.807, 2.05) is 12.1 Å². The maximum atomic E-state index is 13.8. The molecule has 0 bridgehead atoms. The van der Waals surface area contributed by atoms with E-state index in [0.29, 0.717) is 23.1 Å². The second-order valence-corrected chi connectivity index (χ2v) is 13.8. The molecule has 0 aliphatic heterocycles. The Bertz CT molecular complexity index is 1600. The number of carbonyl (C=O) groups is 3. The number of benzene rings is 3. The Balaban J connectivity index is 1.44. The molecular formula is C38H47NO7S. The van der Waals surface area contributed by atoms with Crippen molar-refractivity contribution >= 4 is 27.7 Å². The Kier molecular flexibility index (Phi) is 13.7. The summed E-state index contributed by atoms with van der Waals surface area (Å²) in [4.78, 5) is 39.3. The van der Waals surface area contributed by atoms with E-state index in [1.165, 1.54) is 57.1 Å². The third kappa shape index (κ3) is 9.84. The van der Waals surface area contributed by atoms with Crippen LogP contribution in [0.5, 0.6) is 0 Å². The van der Waals surface area contributed by atoms with Crippen molar-refractivity contribution in [2.45, 2.75) is 108 Å². The fraction of sp³-hybridized carbons (Fsp3) is 0.447. The summed E-state index contributed by atoms with van der Waals surface area (Å²) in [7, 11) is -4.38. The zero-order valence-electron chi connectivity index (χ0n) is 27.5. The summed E-state index contributed by atoms with van der Waals surface area (Å²) in [6.07, 6.45) is 11.4. The molecule has 9 heteroatoms. The largest absolute Gasteiger partial charge is 0.465 e. The molecule has 1 N–H and O–H groups in total. The zero-order valence-corrected chi connectivity index (χ0v) is 28.4. The molecule has 2 atom stereocenters. The third-order valence-electron chi connectivity index (χ3n) is 8.50. The fourth-order valence-corrected chi connectivity index (χ4v) is 7.19. The van der Waals surface area contributed by atoms with Crippen LogP contribution >= 0.6 is 0 Å². The Labute approximate surface area is 279 Å². The van der Waals surface area contributed by atoms with Crippen molar-refractivity contribution < 1.29 is 32.3 Å². The van der Waals surface area contributed by atoms with E-state index in [1.54, 1.807) is 55.5 Å². The molecular weight excluding hydrogens is 614 g/mol. The number of fused-ring (bicyclic) bond motifs is 3. The van der Waals surface area contributed by atoms with Gasteiger partial charge in [0.15, 0.2) is 17.9 Å². The summed E-state index contributed by atoms with van der Waals surface area (Å²) < 4.78 is 41.1. The van der Waals surface area contributed by atoms with Crippen molar-refractivity contribution in [2.75, 3.05) is 6.61 Å². The summed E-state index contributed by atoms with van der Waals surface area (Å²) in [5.74, 6) is -1.67. The standard InChI is InChI=1S/C38H47NO7S/c1-3-5-6-7-8-9-10-11-12-13-17-24-34(40)46-37(28-20-15-14-16-21-28)35(38(42)45-4-2)39-47(43,44)29-25-26-31-30-22-18-19-23-32(30)36(41)33(31)27-29/h14-16,18-23,25-27,35,37,39H,3-13,17,24H2,1-2H3/t35-,37+/m1/s1. The number of carbonyl (C=O) groups excluding carboxylic acids is 3. The number of sulfonamides is 1. The zero-order chi connectivity index (χ0) is 33.6. The molecule has 0 aromatic heterocycles. The van der Waals surface area contributed by atoms with Crippen molar-refractivity contribution in [3.05, 3.63) is 89.5 Å². The van der Waals surface area contributed by atoms with Crippen LogP contribution in [0.15, 0.2) is 77.7 Å². The van der Waals surface area contributed by atoms with Gasteiger partial charge >= 0.3 is 11.9 Å². The quantitative estimate of drug-likeness (QED) is 0.0752. The lowest BCUT2D eigenvalue weighted by atomic mass is 10.0. The van der Waals surface area contributed by atoms with Crippen molar-refractivity contribution in [1.29, 1.82) is 0 Å². The Hall–Kier alpha value is -3.82. The molecule has 252 valence electrons. The van der Waals surface area contributed by atoms with Crippen molar-refractivity contribution in [2.24, 2.45) is 0 Å². The molecule has 0 saturated heterocycles. The number of ketones is 1. The number of hydrogen-bond donors (Lipinski definition) is 1. The first-order chi connectivity index (χ1) is 22.8. The fourth-order valence-electron chi connectivity index (χ4n) is 5.98. The van der Waals surface area contributed by atoms with Gasteiger partial charge in [-0.1, -0.05) is 132 Å². The Morgan fingerprint density at radius 1 is 0.702 bits per heavy atom. The van der Waals surface area contributed by atoms with E-state index in [4.69, 9.17) is 9.47 Å². The number of nitrogens with one attached hydrogen (secondary N) is 1. The number of esters is 2. The molecule has 0 radical (unpaired) electrons. The molecule has 0 fully saturated rings. The average Bonchev–Trinajstić information content (AvgIpc) is 3.36. The highest BCUT2D eigenvalue weighted by molar-refractivity contribution is 7.89. The lowest BCUT2D eigenvalue weighted by Crippen LogP contribution is -2.47. The van der Waals surface area contributed by atoms with Gasteiger partial charge in [0.1, 0.15) is 0 Å². The number of unbranched alkanes of at least 4 members (excludes halogenated alkanes) is 10. The van der Waals surface area contributed by atoms with Crippen LogP contribution in [0.1, 0.15) is 118 Å². The first-order valence-corrected chi connectivity index (χ1v) is 18.5. The highest BCUT2D eigenvalue weighted by Gasteiger charge is 2.38. The monoisotopic (exact) mass is 661 g/mol. The van der Waals surface area contributed by atoms with E-state index in [9.17, 15) is 22.8 Å². The van der Waals surface area contributed by atoms with E-state index < -0.39 is 34.1 Å². The number of rotatable bonds is 20. The van der Waals surface area contributed by atoms with E-state index >= 15 is 0 Å². The molecule has 0 spiro atoms.